The van der Waals surface area contributed by atoms with Crippen molar-refractivity contribution in [2.45, 2.75) is 26.1 Å². The van der Waals surface area contributed by atoms with Gasteiger partial charge in [0.15, 0.2) is 7.05 Å². The number of hydrogen-bond donors (Lipinski definition) is 0. The van der Waals surface area contributed by atoms with Crippen molar-refractivity contribution in [3.63, 3.8) is 0 Å². The first kappa shape index (κ1) is 20.5. The van der Waals surface area contributed by atoms with Gasteiger partial charge in [-0.3, -0.25) is 4.90 Å². The number of hydrogen-bond acceptors (Lipinski definition) is 4. The molecule has 0 radical (unpaired) electrons. The lowest BCUT2D eigenvalue weighted by molar-refractivity contribution is -0.750. The summed E-state index contributed by atoms with van der Waals surface area (Å²) in [4.78, 5) is 7.38. The molecule has 0 amide bonds. The minimum absolute atomic E-state index is 0.777. The Labute approximate surface area is 188 Å². The van der Waals surface area contributed by atoms with Crippen molar-refractivity contribution in [1.29, 1.82) is 0 Å². The Morgan fingerprint density at radius 1 is 0.906 bits per heavy atom. The molecule has 0 unspecified atom stereocenters. The van der Waals surface area contributed by atoms with Crippen LogP contribution in [0, 0.1) is 0 Å². The van der Waals surface area contributed by atoms with Crippen LogP contribution in [-0.2, 0) is 33.1 Å². The zero-order valence-corrected chi connectivity index (χ0v) is 18.9. The fourth-order valence-electron chi connectivity index (χ4n) is 4.58. The number of nitrogens with zero attached hydrogens (tertiary/aromatic N) is 4. The molecule has 0 bridgehead atoms. The maximum atomic E-state index is 5.28. The summed E-state index contributed by atoms with van der Waals surface area (Å²) in [5.41, 5.74) is 6.35. The average Bonchev–Trinajstić information content (AvgIpc) is 3.15. The molecule has 2 aromatic carbocycles. The summed E-state index contributed by atoms with van der Waals surface area (Å²) in [7, 11) is 5.49. The van der Waals surface area contributed by atoms with Crippen LogP contribution in [-0.4, -0.2) is 35.3 Å². The number of rotatable bonds is 6. The van der Waals surface area contributed by atoms with E-state index < -0.39 is 0 Å². The second kappa shape index (κ2) is 8.63. The molecule has 164 valence electrons. The lowest BCUT2D eigenvalue weighted by Gasteiger charge is -2.28. The fraction of sp³-hybridized carbons (Fsp3) is 0.308. The van der Waals surface area contributed by atoms with Crippen LogP contribution in [0.1, 0.15) is 22.3 Å². The van der Waals surface area contributed by atoms with Crippen LogP contribution in [0.3, 0.4) is 0 Å². The van der Waals surface area contributed by atoms with Crippen LogP contribution in [0.2, 0.25) is 0 Å². The van der Waals surface area contributed by atoms with E-state index in [4.69, 9.17) is 14.5 Å². The minimum atomic E-state index is 0.777. The quantitative estimate of drug-likeness (QED) is 0.440. The van der Waals surface area contributed by atoms with Crippen molar-refractivity contribution in [1.82, 2.24) is 14.6 Å². The third-order valence-corrected chi connectivity index (χ3v) is 6.37. The summed E-state index contributed by atoms with van der Waals surface area (Å²) in [6.07, 6.45) is 5.34. The maximum absolute atomic E-state index is 5.28. The van der Waals surface area contributed by atoms with E-state index in [2.05, 4.69) is 58.0 Å². The molecule has 0 saturated carbocycles. The van der Waals surface area contributed by atoms with Gasteiger partial charge >= 0.3 is 0 Å². The van der Waals surface area contributed by atoms with Crippen LogP contribution in [0.15, 0.2) is 60.9 Å². The molecule has 5 rings (SSSR count). The largest absolute Gasteiger partial charge is 0.497 e. The lowest BCUT2D eigenvalue weighted by Crippen LogP contribution is -2.38. The smallest absolute Gasteiger partial charge is 0.205 e. The summed E-state index contributed by atoms with van der Waals surface area (Å²) < 4.78 is 15.0. The van der Waals surface area contributed by atoms with Crippen molar-refractivity contribution in [3.8, 4) is 11.5 Å². The van der Waals surface area contributed by atoms with Gasteiger partial charge in [-0.15, -0.1) is 9.36 Å². The SMILES string of the molecule is COc1ccc(CN2CCc3c(cnc4c3c[n+](C)n4Cc3ccc(OC)cc3)C2)cc1. The molecule has 4 aromatic rings. The molecule has 0 atom stereocenters. The zero-order chi connectivity index (χ0) is 22.1. The predicted molar refractivity (Wildman–Crippen MR) is 124 cm³/mol. The van der Waals surface area contributed by atoms with Crippen LogP contribution >= 0.6 is 0 Å². The molecule has 0 aliphatic carbocycles. The van der Waals surface area contributed by atoms with E-state index in [1.54, 1.807) is 14.2 Å². The van der Waals surface area contributed by atoms with E-state index >= 15 is 0 Å². The van der Waals surface area contributed by atoms with Crippen molar-refractivity contribution in [3.05, 3.63) is 83.2 Å². The van der Waals surface area contributed by atoms with Crippen LogP contribution in [0.5, 0.6) is 11.5 Å². The first-order valence-electron chi connectivity index (χ1n) is 11.0. The van der Waals surface area contributed by atoms with Crippen molar-refractivity contribution in [2.75, 3.05) is 20.8 Å². The molecule has 0 fully saturated rings. The molecular formula is C26H29N4O2+. The lowest BCUT2D eigenvalue weighted by atomic mass is 9.98. The molecular weight excluding hydrogens is 400 g/mol. The number of pyridine rings is 1. The van der Waals surface area contributed by atoms with Crippen molar-refractivity contribution >= 4 is 11.0 Å². The second-order valence-electron chi connectivity index (χ2n) is 8.42. The van der Waals surface area contributed by atoms with Crippen LogP contribution in [0.4, 0.5) is 0 Å². The fourth-order valence-corrected chi connectivity index (χ4v) is 4.58. The second-order valence-corrected chi connectivity index (χ2v) is 8.42. The molecule has 0 N–H and O–H groups in total. The number of aromatic nitrogens is 3. The first-order chi connectivity index (χ1) is 15.6. The van der Waals surface area contributed by atoms with Gasteiger partial charge in [0.25, 0.3) is 0 Å². The highest BCUT2D eigenvalue weighted by Crippen LogP contribution is 2.27. The van der Waals surface area contributed by atoms with Gasteiger partial charge in [-0.05, 0) is 52.9 Å². The normalized spacial score (nSPS) is 13.8. The Hall–Kier alpha value is -3.38. The van der Waals surface area contributed by atoms with E-state index in [0.29, 0.717) is 0 Å². The summed E-state index contributed by atoms with van der Waals surface area (Å²) in [6.45, 7) is 3.69. The molecule has 32 heavy (non-hydrogen) atoms. The first-order valence-corrected chi connectivity index (χ1v) is 11.0. The van der Waals surface area contributed by atoms with Gasteiger partial charge in [-0.2, -0.15) is 0 Å². The Morgan fingerprint density at radius 3 is 2.16 bits per heavy atom. The number of fused-ring (bicyclic) bond motifs is 3. The number of benzene rings is 2. The predicted octanol–water partition coefficient (Wildman–Crippen LogP) is 3.48. The molecule has 0 spiro atoms. The van der Waals surface area contributed by atoms with E-state index in [1.807, 2.05) is 24.3 Å². The molecule has 3 heterocycles. The average molecular weight is 430 g/mol. The molecule has 2 aromatic heterocycles. The monoisotopic (exact) mass is 429 g/mol. The van der Waals surface area contributed by atoms with E-state index in [9.17, 15) is 0 Å². The van der Waals surface area contributed by atoms with Gasteiger partial charge < -0.3 is 9.47 Å². The molecule has 1 aliphatic heterocycles. The minimum Gasteiger partial charge on any atom is -0.497 e. The number of ether oxygens (including phenoxy) is 2. The van der Waals surface area contributed by atoms with E-state index in [1.165, 1.54) is 27.6 Å². The highest BCUT2D eigenvalue weighted by atomic mass is 16.5. The van der Waals surface area contributed by atoms with Crippen molar-refractivity contribution < 1.29 is 14.2 Å². The number of methoxy groups -OCH3 is 2. The van der Waals surface area contributed by atoms with Gasteiger partial charge in [0.1, 0.15) is 18.0 Å². The summed E-state index contributed by atoms with van der Waals surface area (Å²) >= 11 is 0. The molecule has 1 aliphatic rings. The van der Waals surface area contributed by atoms with E-state index in [0.717, 1.165) is 49.7 Å². The Morgan fingerprint density at radius 2 is 1.53 bits per heavy atom. The Balaban J connectivity index is 1.37. The zero-order valence-electron chi connectivity index (χ0n) is 18.9. The Bertz CT molecular complexity index is 1230. The third kappa shape index (κ3) is 3.94. The summed E-state index contributed by atoms with van der Waals surface area (Å²) in [5.74, 6) is 1.78. The highest BCUT2D eigenvalue weighted by molar-refractivity contribution is 5.79. The molecule has 0 saturated heterocycles. The molecule has 6 nitrogen and oxygen atoms in total. The summed E-state index contributed by atoms with van der Waals surface area (Å²) in [5, 5.41) is 1.27. The summed E-state index contributed by atoms with van der Waals surface area (Å²) in [6, 6.07) is 16.6. The third-order valence-electron chi connectivity index (χ3n) is 6.37. The number of aryl methyl sites for hydroxylation is 1. The maximum Gasteiger partial charge on any atom is 0.205 e. The topological polar surface area (TPSA) is 43.4 Å². The molecule has 6 heteroatoms. The van der Waals surface area contributed by atoms with Crippen LogP contribution in [0.25, 0.3) is 11.0 Å². The van der Waals surface area contributed by atoms with E-state index in [-0.39, 0.29) is 0 Å². The van der Waals surface area contributed by atoms with Gasteiger partial charge in [0.05, 0.1) is 19.6 Å². The van der Waals surface area contributed by atoms with Gasteiger partial charge in [-0.25, -0.2) is 4.98 Å². The van der Waals surface area contributed by atoms with Crippen molar-refractivity contribution in [2.24, 2.45) is 7.05 Å². The van der Waals surface area contributed by atoms with Crippen LogP contribution < -0.4 is 14.2 Å². The van der Waals surface area contributed by atoms with Gasteiger partial charge in [0.2, 0.25) is 11.8 Å². The highest BCUT2D eigenvalue weighted by Gasteiger charge is 2.24. The van der Waals surface area contributed by atoms with Gasteiger partial charge in [0, 0.05) is 25.8 Å². The standard InChI is InChI=1S/C26H29N4O2/c1-28-18-25-24-12-13-29(15-19-4-8-22(31-2)9-5-19)17-21(24)14-27-26(25)30(28)16-20-6-10-23(32-3)11-7-20/h4-11,14,18H,12-13,15-17H2,1-3H3/q+1. The Kier molecular flexibility index (Phi) is 5.53. The van der Waals surface area contributed by atoms with Gasteiger partial charge in [-0.1, -0.05) is 24.3 Å².